The van der Waals surface area contributed by atoms with Crippen LogP contribution in [0.25, 0.3) is 11.3 Å². The van der Waals surface area contributed by atoms with Gasteiger partial charge in [0.1, 0.15) is 16.5 Å². The van der Waals surface area contributed by atoms with E-state index in [4.69, 9.17) is 11.6 Å². The molecule has 4 nitrogen and oxygen atoms in total. The van der Waals surface area contributed by atoms with Gasteiger partial charge in [0, 0.05) is 11.6 Å². The topological polar surface area (TPSA) is 43.6 Å². The minimum Gasteiger partial charge on any atom is -0.249 e. The van der Waals surface area contributed by atoms with Crippen molar-refractivity contribution in [3.05, 3.63) is 29.2 Å². The molecule has 2 aromatic heterocycles. The van der Waals surface area contributed by atoms with Gasteiger partial charge < -0.3 is 0 Å². The molecule has 0 bridgehead atoms. The van der Waals surface area contributed by atoms with Crippen LogP contribution in [-0.2, 0) is 6.18 Å². The van der Waals surface area contributed by atoms with Crippen molar-refractivity contribution in [3.63, 3.8) is 0 Å². The van der Waals surface area contributed by atoms with E-state index in [0.717, 1.165) is 6.07 Å². The Morgan fingerprint density at radius 2 is 1.95 bits per heavy atom. The van der Waals surface area contributed by atoms with E-state index in [9.17, 15) is 13.2 Å². The van der Waals surface area contributed by atoms with Crippen LogP contribution in [0.15, 0.2) is 18.3 Å². The molecule has 19 heavy (non-hydrogen) atoms. The fraction of sp³-hybridized carbons (Fsp3) is 0.364. The van der Waals surface area contributed by atoms with E-state index in [1.165, 1.54) is 6.07 Å². The summed E-state index contributed by atoms with van der Waals surface area (Å²) in [4.78, 5) is 3.26. The highest BCUT2D eigenvalue weighted by molar-refractivity contribution is 6.29. The summed E-state index contributed by atoms with van der Waals surface area (Å²) in [5.41, 5.74) is -0.489. The number of aromatic nitrogens is 4. The fourth-order valence-electron chi connectivity index (χ4n) is 1.45. The lowest BCUT2D eigenvalue weighted by molar-refractivity contribution is -0.141. The van der Waals surface area contributed by atoms with E-state index < -0.39 is 11.9 Å². The monoisotopic (exact) mass is 290 g/mol. The van der Waals surface area contributed by atoms with Gasteiger partial charge in [0.15, 0.2) is 0 Å². The third kappa shape index (κ3) is 3.04. The molecule has 0 radical (unpaired) electrons. The van der Waals surface area contributed by atoms with Crippen molar-refractivity contribution in [1.29, 1.82) is 0 Å². The first-order chi connectivity index (χ1) is 8.77. The quantitative estimate of drug-likeness (QED) is 0.794. The molecule has 0 amide bonds. The van der Waals surface area contributed by atoms with Gasteiger partial charge in [-0.05, 0) is 26.0 Å². The number of rotatable bonds is 2. The average Bonchev–Trinajstić information content (AvgIpc) is 2.76. The summed E-state index contributed by atoms with van der Waals surface area (Å²) in [6, 6.07) is 2.30. The van der Waals surface area contributed by atoms with Crippen molar-refractivity contribution >= 4 is 11.6 Å². The second kappa shape index (κ2) is 4.80. The van der Waals surface area contributed by atoms with Gasteiger partial charge in [0.2, 0.25) is 0 Å². The molecule has 0 aliphatic heterocycles. The van der Waals surface area contributed by atoms with Crippen LogP contribution >= 0.6 is 11.6 Å². The molecule has 0 saturated carbocycles. The van der Waals surface area contributed by atoms with E-state index in [1.54, 1.807) is 10.9 Å². The second-order valence-electron chi connectivity index (χ2n) is 4.24. The van der Waals surface area contributed by atoms with Crippen LogP contribution in [0.2, 0.25) is 5.15 Å². The first-order valence-electron chi connectivity index (χ1n) is 5.44. The molecule has 8 heteroatoms. The van der Waals surface area contributed by atoms with Crippen molar-refractivity contribution in [1.82, 2.24) is 20.0 Å². The molecule has 0 aliphatic rings. The molecule has 0 unspecified atom stereocenters. The molecule has 2 aromatic rings. The lowest BCUT2D eigenvalue weighted by atomic mass is 10.2. The number of alkyl halides is 3. The summed E-state index contributed by atoms with van der Waals surface area (Å²) >= 11 is 5.61. The lowest BCUT2D eigenvalue weighted by Crippen LogP contribution is -2.08. The maximum Gasteiger partial charge on any atom is 0.433 e. The highest BCUT2D eigenvalue weighted by Gasteiger charge is 2.33. The molecule has 2 heterocycles. The van der Waals surface area contributed by atoms with E-state index in [-0.39, 0.29) is 16.8 Å². The predicted octanol–water partition coefficient (Wildman–Crippen LogP) is 3.59. The summed E-state index contributed by atoms with van der Waals surface area (Å²) in [5.74, 6) is 0. The number of pyridine rings is 1. The van der Waals surface area contributed by atoms with Gasteiger partial charge in [0.05, 0.1) is 6.20 Å². The van der Waals surface area contributed by atoms with Crippen LogP contribution in [0.1, 0.15) is 25.6 Å². The predicted molar refractivity (Wildman–Crippen MR) is 63.7 cm³/mol. The Morgan fingerprint density at radius 1 is 1.26 bits per heavy atom. The van der Waals surface area contributed by atoms with Gasteiger partial charge >= 0.3 is 6.18 Å². The van der Waals surface area contributed by atoms with Crippen molar-refractivity contribution in [2.24, 2.45) is 0 Å². The molecule has 0 atom stereocenters. The maximum absolute atomic E-state index is 12.6. The fourth-order valence-corrected chi connectivity index (χ4v) is 1.66. The van der Waals surface area contributed by atoms with Gasteiger partial charge in [-0.25, -0.2) is 9.67 Å². The van der Waals surface area contributed by atoms with E-state index in [2.05, 4.69) is 15.3 Å². The number of nitrogens with zero attached hydrogens (tertiary/aromatic N) is 4. The van der Waals surface area contributed by atoms with Crippen LogP contribution in [0.3, 0.4) is 0 Å². The largest absolute Gasteiger partial charge is 0.433 e. The third-order valence-corrected chi connectivity index (χ3v) is 2.61. The maximum atomic E-state index is 12.6. The molecule has 0 fully saturated rings. The van der Waals surface area contributed by atoms with Crippen LogP contribution in [-0.4, -0.2) is 20.0 Å². The molecule has 0 saturated heterocycles. The van der Waals surface area contributed by atoms with Crippen molar-refractivity contribution in [2.75, 3.05) is 0 Å². The normalized spacial score (nSPS) is 12.2. The Hall–Kier alpha value is -1.63. The summed E-state index contributed by atoms with van der Waals surface area (Å²) in [6.45, 7) is 3.78. The molecular formula is C11H10ClF3N4. The van der Waals surface area contributed by atoms with Gasteiger partial charge in [0.25, 0.3) is 0 Å². The first kappa shape index (κ1) is 13.8. The Kier molecular flexibility index (Phi) is 3.49. The number of hydrogen-bond acceptors (Lipinski definition) is 3. The van der Waals surface area contributed by atoms with Gasteiger partial charge in [-0.2, -0.15) is 13.2 Å². The molecule has 0 N–H and O–H groups in total. The van der Waals surface area contributed by atoms with Crippen molar-refractivity contribution < 1.29 is 13.2 Å². The molecule has 102 valence electrons. The SMILES string of the molecule is CC(C)n1cc(-c2cc(Cl)nc(C(F)(F)F)c2)nn1. The van der Waals surface area contributed by atoms with E-state index >= 15 is 0 Å². The third-order valence-electron chi connectivity index (χ3n) is 2.42. The van der Waals surface area contributed by atoms with Crippen LogP contribution in [0, 0.1) is 0 Å². The summed E-state index contributed by atoms with van der Waals surface area (Å²) in [6.07, 6.45) is -2.98. The molecule has 0 spiro atoms. The second-order valence-corrected chi connectivity index (χ2v) is 4.63. The first-order valence-corrected chi connectivity index (χ1v) is 5.82. The minimum absolute atomic E-state index is 0.0700. The zero-order valence-electron chi connectivity index (χ0n) is 10.1. The van der Waals surface area contributed by atoms with Crippen LogP contribution in [0.5, 0.6) is 0 Å². The molecule has 0 aliphatic carbocycles. The van der Waals surface area contributed by atoms with Crippen LogP contribution < -0.4 is 0 Å². The van der Waals surface area contributed by atoms with Crippen molar-refractivity contribution in [3.8, 4) is 11.3 Å². The summed E-state index contributed by atoms with van der Waals surface area (Å²) < 4.78 is 39.5. The lowest BCUT2D eigenvalue weighted by Gasteiger charge is -2.07. The zero-order chi connectivity index (χ0) is 14.2. The standard InChI is InChI=1S/C11H10ClF3N4/c1-6(2)19-5-8(17-18-19)7-3-9(11(13,14)15)16-10(12)4-7/h3-6H,1-2H3. The highest BCUT2D eigenvalue weighted by Crippen LogP contribution is 2.31. The zero-order valence-corrected chi connectivity index (χ0v) is 10.9. The number of hydrogen-bond donors (Lipinski definition) is 0. The minimum atomic E-state index is -4.55. The van der Waals surface area contributed by atoms with Gasteiger partial charge in [-0.1, -0.05) is 16.8 Å². The molecule has 2 rings (SSSR count). The summed E-state index contributed by atoms with van der Waals surface area (Å²) in [7, 11) is 0. The smallest absolute Gasteiger partial charge is 0.249 e. The highest BCUT2D eigenvalue weighted by atomic mass is 35.5. The average molecular weight is 291 g/mol. The Morgan fingerprint density at radius 3 is 2.47 bits per heavy atom. The van der Waals surface area contributed by atoms with E-state index in [1.807, 2.05) is 13.8 Å². The Labute approximate surface area is 112 Å². The molecule has 0 aromatic carbocycles. The van der Waals surface area contributed by atoms with Gasteiger partial charge in [-0.15, -0.1) is 5.10 Å². The van der Waals surface area contributed by atoms with E-state index in [0.29, 0.717) is 5.69 Å². The van der Waals surface area contributed by atoms with Crippen molar-refractivity contribution in [2.45, 2.75) is 26.1 Å². The Balaban J connectivity index is 2.47. The Bertz CT molecular complexity index is 592. The van der Waals surface area contributed by atoms with Gasteiger partial charge in [-0.3, -0.25) is 0 Å². The number of halogens is 4. The molecular weight excluding hydrogens is 281 g/mol. The summed E-state index contributed by atoms with van der Waals surface area (Å²) in [5, 5.41) is 7.43. The van der Waals surface area contributed by atoms with Crippen LogP contribution in [0.4, 0.5) is 13.2 Å².